The SMILES string of the molecule is COCCCCCNS(=O)(=O)CCCNC1CC1. The maximum atomic E-state index is 11.6. The van der Waals surface area contributed by atoms with Gasteiger partial charge in [0.1, 0.15) is 0 Å². The zero-order valence-electron chi connectivity index (χ0n) is 11.3. The van der Waals surface area contributed by atoms with E-state index in [9.17, 15) is 8.42 Å². The van der Waals surface area contributed by atoms with Gasteiger partial charge in [0.25, 0.3) is 0 Å². The van der Waals surface area contributed by atoms with Gasteiger partial charge in [-0.1, -0.05) is 0 Å². The fraction of sp³-hybridized carbons (Fsp3) is 1.00. The van der Waals surface area contributed by atoms with E-state index in [4.69, 9.17) is 4.74 Å². The normalized spacial score (nSPS) is 16.1. The van der Waals surface area contributed by atoms with Crippen LogP contribution in [0.5, 0.6) is 0 Å². The summed E-state index contributed by atoms with van der Waals surface area (Å²) in [5.74, 6) is 0.227. The molecule has 0 atom stereocenters. The topological polar surface area (TPSA) is 67.4 Å². The predicted octanol–water partition coefficient (Wildman–Crippen LogP) is 0.865. The van der Waals surface area contributed by atoms with Crippen LogP contribution < -0.4 is 10.0 Å². The van der Waals surface area contributed by atoms with Gasteiger partial charge < -0.3 is 10.1 Å². The lowest BCUT2D eigenvalue weighted by molar-refractivity contribution is 0.192. The van der Waals surface area contributed by atoms with Crippen LogP contribution in [0.1, 0.15) is 38.5 Å². The molecule has 0 heterocycles. The molecule has 0 saturated heterocycles. The Morgan fingerprint density at radius 2 is 1.89 bits per heavy atom. The minimum absolute atomic E-state index is 0.227. The number of nitrogens with one attached hydrogen (secondary N) is 2. The summed E-state index contributed by atoms with van der Waals surface area (Å²) in [5, 5.41) is 3.31. The second kappa shape index (κ2) is 8.85. The highest BCUT2D eigenvalue weighted by molar-refractivity contribution is 7.89. The van der Waals surface area contributed by atoms with E-state index >= 15 is 0 Å². The zero-order chi connectivity index (χ0) is 13.3. The lowest BCUT2D eigenvalue weighted by Crippen LogP contribution is -2.29. The molecule has 1 rings (SSSR count). The molecule has 1 fully saturated rings. The van der Waals surface area contributed by atoms with Crippen LogP contribution in [0.25, 0.3) is 0 Å². The third-order valence-corrected chi connectivity index (χ3v) is 4.42. The molecule has 0 unspecified atom stereocenters. The molecule has 0 radical (unpaired) electrons. The van der Waals surface area contributed by atoms with Crippen LogP contribution in [0.3, 0.4) is 0 Å². The zero-order valence-corrected chi connectivity index (χ0v) is 12.1. The van der Waals surface area contributed by atoms with Crippen molar-refractivity contribution in [2.24, 2.45) is 0 Å². The van der Waals surface area contributed by atoms with Crippen molar-refractivity contribution >= 4 is 10.0 Å². The van der Waals surface area contributed by atoms with E-state index in [2.05, 4.69) is 10.0 Å². The third-order valence-electron chi connectivity index (χ3n) is 2.95. The summed E-state index contributed by atoms with van der Waals surface area (Å²) in [4.78, 5) is 0. The Bertz CT molecular complexity index is 302. The van der Waals surface area contributed by atoms with E-state index in [1.165, 1.54) is 12.8 Å². The lowest BCUT2D eigenvalue weighted by atomic mass is 10.2. The highest BCUT2D eigenvalue weighted by atomic mass is 32.2. The van der Waals surface area contributed by atoms with Gasteiger partial charge in [-0.25, -0.2) is 13.1 Å². The van der Waals surface area contributed by atoms with Gasteiger partial charge >= 0.3 is 0 Å². The fourth-order valence-electron chi connectivity index (χ4n) is 1.70. The van der Waals surface area contributed by atoms with Crippen LogP contribution in [0, 0.1) is 0 Å². The van der Waals surface area contributed by atoms with E-state index in [0.29, 0.717) is 19.0 Å². The number of methoxy groups -OCH3 is 1. The molecule has 1 aliphatic carbocycles. The second-order valence-corrected chi connectivity index (χ2v) is 6.78. The van der Waals surface area contributed by atoms with Crippen molar-refractivity contribution in [3.8, 4) is 0 Å². The Hall–Kier alpha value is -0.170. The Morgan fingerprint density at radius 1 is 1.11 bits per heavy atom. The molecular weight excluding hydrogens is 252 g/mol. The molecule has 0 aromatic rings. The van der Waals surface area contributed by atoms with Crippen molar-refractivity contribution in [1.82, 2.24) is 10.0 Å². The van der Waals surface area contributed by atoms with Gasteiger partial charge in [0.05, 0.1) is 5.75 Å². The third kappa shape index (κ3) is 8.85. The molecule has 0 aromatic carbocycles. The monoisotopic (exact) mass is 278 g/mol. The fourth-order valence-corrected chi connectivity index (χ4v) is 2.83. The number of hydrogen-bond donors (Lipinski definition) is 2. The van der Waals surface area contributed by atoms with Gasteiger partial charge in [-0.3, -0.25) is 0 Å². The molecule has 18 heavy (non-hydrogen) atoms. The van der Waals surface area contributed by atoms with Gasteiger partial charge in [-0.15, -0.1) is 0 Å². The highest BCUT2D eigenvalue weighted by Gasteiger charge is 2.20. The molecule has 5 nitrogen and oxygen atoms in total. The van der Waals surface area contributed by atoms with Crippen LogP contribution in [-0.4, -0.2) is 47.0 Å². The molecular formula is C12H26N2O3S. The van der Waals surface area contributed by atoms with Gasteiger partial charge in [0, 0.05) is 26.3 Å². The molecule has 2 N–H and O–H groups in total. The summed E-state index contributed by atoms with van der Waals surface area (Å²) >= 11 is 0. The minimum atomic E-state index is -3.07. The van der Waals surface area contributed by atoms with Gasteiger partial charge in [-0.2, -0.15) is 0 Å². The largest absolute Gasteiger partial charge is 0.385 e. The Labute approximate surface area is 111 Å². The minimum Gasteiger partial charge on any atom is -0.385 e. The molecule has 1 aliphatic rings. The van der Waals surface area contributed by atoms with Crippen molar-refractivity contribution in [2.45, 2.75) is 44.6 Å². The molecule has 0 aromatic heterocycles. The Kier molecular flexibility index (Phi) is 7.81. The van der Waals surface area contributed by atoms with Gasteiger partial charge in [-0.05, 0) is 45.1 Å². The summed E-state index contributed by atoms with van der Waals surface area (Å²) in [6.45, 7) is 2.10. The van der Waals surface area contributed by atoms with E-state index in [1.807, 2.05) is 0 Å². The number of sulfonamides is 1. The maximum absolute atomic E-state index is 11.6. The molecule has 108 valence electrons. The molecule has 1 saturated carbocycles. The number of rotatable bonds is 12. The standard InChI is InChI=1S/C12H26N2O3S/c1-17-10-4-2-3-9-14-18(15,16)11-5-8-13-12-6-7-12/h12-14H,2-11H2,1H3. The van der Waals surface area contributed by atoms with Crippen LogP contribution in [0.4, 0.5) is 0 Å². The molecule has 0 spiro atoms. The van der Waals surface area contributed by atoms with Crippen molar-refractivity contribution in [3.05, 3.63) is 0 Å². The van der Waals surface area contributed by atoms with Crippen molar-refractivity contribution in [3.63, 3.8) is 0 Å². The lowest BCUT2D eigenvalue weighted by Gasteiger charge is -2.07. The number of unbranched alkanes of at least 4 members (excludes halogenated alkanes) is 2. The van der Waals surface area contributed by atoms with E-state index in [-0.39, 0.29) is 5.75 Å². The van der Waals surface area contributed by atoms with Crippen molar-refractivity contribution in [2.75, 3.05) is 32.6 Å². The second-order valence-electron chi connectivity index (χ2n) is 4.85. The predicted molar refractivity (Wildman–Crippen MR) is 73.2 cm³/mol. The summed E-state index contributed by atoms with van der Waals surface area (Å²) in [6.07, 6.45) is 6.04. The first kappa shape index (κ1) is 15.9. The Morgan fingerprint density at radius 3 is 2.56 bits per heavy atom. The molecule has 0 aliphatic heterocycles. The van der Waals surface area contributed by atoms with Crippen LogP contribution in [0.2, 0.25) is 0 Å². The van der Waals surface area contributed by atoms with E-state index in [0.717, 1.165) is 32.4 Å². The highest BCUT2D eigenvalue weighted by Crippen LogP contribution is 2.18. The smallest absolute Gasteiger partial charge is 0.211 e. The van der Waals surface area contributed by atoms with E-state index in [1.54, 1.807) is 7.11 Å². The van der Waals surface area contributed by atoms with Crippen LogP contribution in [-0.2, 0) is 14.8 Å². The maximum Gasteiger partial charge on any atom is 0.211 e. The average molecular weight is 278 g/mol. The first-order valence-corrected chi connectivity index (χ1v) is 8.49. The summed E-state index contributed by atoms with van der Waals surface area (Å²) < 4.78 is 30.8. The first-order valence-electron chi connectivity index (χ1n) is 6.84. The van der Waals surface area contributed by atoms with Crippen molar-refractivity contribution < 1.29 is 13.2 Å². The van der Waals surface area contributed by atoms with Crippen molar-refractivity contribution in [1.29, 1.82) is 0 Å². The first-order chi connectivity index (χ1) is 8.64. The quantitative estimate of drug-likeness (QED) is 0.520. The Balaban J connectivity index is 1.93. The summed E-state index contributed by atoms with van der Waals surface area (Å²) in [5.41, 5.74) is 0. The van der Waals surface area contributed by atoms with Gasteiger partial charge in [0.15, 0.2) is 0 Å². The number of ether oxygens (including phenoxy) is 1. The average Bonchev–Trinajstić information content (AvgIpc) is 3.13. The van der Waals surface area contributed by atoms with Gasteiger partial charge in [0.2, 0.25) is 10.0 Å². The van der Waals surface area contributed by atoms with Crippen LogP contribution >= 0.6 is 0 Å². The molecule has 0 amide bonds. The molecule has 6 heteroatoms. The summed E-state index contributed by atoms with van der Waals surface area (Å²) in [6, 6.07) is 0.654. The number of hydrogen-bond acceptors (Lipinski definition) is 4. The van der Waals surface area contributed by atoms with Crippen LogP contribution in [0.15, 0.2) is 0 Å². The summed E-state index contributed by atoms with van der Waals surface area (Å²) in [7, 11) is -1.39. The molecule has 0 bridgehead atoms. The van der Waals surface area contributed by atoms with E-state index < -0.39 is 10.0 Å².